The van der Waals surface area contributed by atoms with Crippen LogP contribution in [0.15, 0.2) is 16.5 Å². The second-order valence-electron chi connectivity index (χ2n) is 5.01. The summed E-state index contributed by atoms with van der Waals surface area (Å²) in [6.45, 7) is 2.37. The van der Waals surface area contributed by atoms with Gasteiger partial charge in [-0.2, -0.15) is 0 Å². The number of furan rings is 1. The van der Waals surface area contributed by atoms with E-state index in [2.05, 4.69) is 0 Å². The van der Waals surface area contributed by atoms with Gasteiger partial charge < -0.3 is 14.4 Å². The SMILES string of the molecule is Cc1ccc(CN(C(=O)CCCC(=O)O)C2CC2)o1. The first-order valence-corrected chi connectivity index (χ1v) is 6.63. The van der Waals surface area contributed by atoms with E-state index in [-0.39, 0.29) is 12.3 Å². The monoisotopic (exact) mass is 265 g/mol. The van der Waals surface area contributed by atoms with Gasteiger partial charge in [-0.3, -0.25) is 9.59 Å². The maximum Gasteiger partial charge on any atom is 0.303 e. The fourth-order valence-corrected chi connectivity index (χ4v) is 2.08. The van der Waals surface area contributed by atoms with E-state index in [0.29, 0.717) is 25.4 Å². The van der Waals surface area contributed by atoms with Gasteiger partial charge >= 0.3 is 5.97 Å². The summed E-state index contributed by atoms with van der Waals surface area (Å²) in [5.41, 5.74) is 0. The molecule has 1 aromatic rings. The molecule has 0 saturated heterocycles. The molecule has 0 radical (unpaired) electrons. The highest BCUT2D eigenvalue weighted by atomic mass is 16.4. The van der Waals surface area contributed by atoms with Gasteiger partial charge in [-0.1, -0.05) is 0 Å². The van der Waals surface area contributed by atoms with Crippen molar-refractivity contribution in [3.8, 4) is 0 Å². The Labute approximate surface area is 112 Å². The van der Waals surface area contributed by atoms with Crippen molar-refractivity contribution in [1.82, 2.24) is 4.90 Å². The van der Waals surface area contributed by atoms with Crippen LogP contribution >= 0.6 is 0 Å². The van der Waals surface area contributed by atoms with E-state index < -0.39 is 5.97 Å². The molecular formula is C14H19NO4. The largest absolute Gasteiger partial charge is 0.481 e. The number of hydrogen-bond donors (Lipinski definition) is 1. The molecule has 0 bridgehead atoms. The van der Waals surface area contributed by atoms with Crippen LogP contribution in [-0.2, 0) is 16.1 Å². The van der Waals surface area contributed by atoms with Crippen molar-refractivity contribution in [3.05, 3.63) is 23.7 Å². The Balaban J connectivity index is 1.88. The molecule has 1 fully saturated rings. The van der Waals surface area contributed by atoms with Crippen LogP contribution in [0.2, 0.25) is 0 Å². The zero-order valence-electron chi connectivity index (χ0n) is 11.1. The average Bonchev–Trinajstić information content (AvgIpc) is 3.09. The van der Waals surface area contributed by atoms with Gasteiger partial charge in [-0.25, -0.2) is 0 Å². The summed E-state index contributed by atoms with van der Waals surface area (Å²) in [4.78, 5) is 24.4. The molecule has 0 aromatic carbocycles. The van der Waals surface area contributed by atoms with Crippen molar-refractivity contribution in [1.29, 1.82) is 0 Å². The van der Waals surface area contributed by atoms with Gasteiger partial charge in [0.2, 0.25) is 5.91 Å². The van der Waals surface area contributed by atoms with Gasteiger partial charge in [0.1, 0.15) is 11.5 Å². The van der Waals surface area contributed by atoms with Crippen LogP contribution in [0.5, 0.6) is 0 Å². The number of hydrogen-bond acceptors (Lipinski definition) is 3. The van der Waals surface area contributed by atoms with Gasteiger partial charge in [-0.15, -0.1) is 0 Å². The summed E-state index contributed by atoms with van der Waals surface area (Å²) in [6, 6.07) is 4.08. The fourth-order valence-electron chi connectivity index (χ4n) is 2.08. The van der Waals surface area contributed by atoms with E-state index in [1.54, 1.807) is 0 Å². The van der Waals surface area contributed by atoms with E-state index in [9.17, 15) is 9.59 Å². The highest BCUT2D eigenvalue weighted by Crippen LogP contribution is 2.29. The fraction of sp³-hybridized carbons (Fsp3) is 0.571. The third-order valence-electron chi connectivity index (χ3n) is 3.21. The molecule has 1 aliphatic rings. The number of amides is 1. The Bertz CT molecular complexity index is 462. The number of carboxylic acid groups (broad SMARTS) is 1. The molecule has 1 aromatic heterocycles. The van der Waals surface area contributed by atoms with Crippen LogP contribution in [0.3, 0.4) is 0 Å². The molecule has 5 nitrogen and oxygen atoms in total. The molecule has 1 N–H and O–H groups in total. The molecule has 5 heteroatoms. The number of aliphatic carboxylic acids is 1. The van der Waals surface area contributed by atoms with Crippen LogP contribution in [-0.4, -0.2) is 27.9 Å². The highest BCUT2D eigenvalue weighted by molar-refractivity contribution is 5.77. The minimum atomic E-state index is -0.854. The molecule has 19 heavy (non-hydrogen) atoms. The first kappa shape index (κ1) is 13.6. The Morgan fingerprint density at radius 1 is 1.37 bits per heavy atom. The van der Waals surface area contributed by atoms with Gasteiger partial charge in [0.15, 0.2) is 0 Å². The molecule has 0 atom stereocenters. The normalized spacial score (nSPS) is 14.4. The second kappa shape index (κ2) is 5.91. The summed E-state index contributed by atoms with van der Waals surface area (Å²) in [7, 11) is 0. The number of nitrogens with zero attached hydrogens (tertiary/aromatic N) is 1. The molecule has 0 spiro atoms. The topological polar surface area (TPSA) is 70.8 Å². The molecule has 1 heterocycles. The number of rotatable bonds is 7. The number of carbonyl (C=O) groups excluding carboxylic acids is 1. The van der Waals surface area contributed by atoms with Crippen molar-refractivity contribution in [2.24, 2.45) is 0 Å². The Morgan fingerprint density at radius 3 is 2.63 bits per heavy atom. The Hall–Kier alpha value is -1.78. The van der Waals surface area contributed by atoms with Crippen LogP contribution < -0.4 is 0 Å². The van der Waals surface area contributed by atoms with Crippen LogP contribution in [0.25, 0.3) is 0 Å². The van der Waals surface area contributed by atoms with Gasteiger partial charge in [-0.05, 0) is 38.3 Å². The lowest BCUT2D eigenvalue weighted by Gasteiger charge is -2.21. The maximum atomic E-state index is 12.1. The third kappa shape index (κ3) is 4.12. The average molecular weight is 265 g/mol. The first-order valence-electron chi connectivity index (χ1n) is 6.63. The molecular weight excluding hydrogens is 246 g/mol. The molecule has 2 rings (SSSR count). The smallest absolute Gasteiger partial charge is 0.303 e. The van der Waals surface area contributed by atoms with E-state index in [1.165, 1.54) is 0 Å². The van der Waals surface area contributed by atoms with Gasteiger partial charge in [0, 0.05) is 18.9 Å². The molecule has 0 unspecified atom stereocenters. The lowest BCUT2D eigenvalue weighted by molar-refractivity contribution is -0.137. The van der Waals surface area contributed by atoms with E-state index in [0.717, 1.165) is 24.4 Å². The second-order valence-corrected chi connectivity index (χ2v) is 5.01. The van der Waals surface area contributed by atoms with Crippen molar-refractivity contribution in [3.63, 3.8) is 0 Å². The number of aryl methyl sites for hydroxylation is 1. The maximum absolute atomic E-state index is 12.1. The lowest BCUT2D eigenvalue weighted by Crippen LogP contribution is -2.32. The molecule has 104 valence electrons. The van der Waals surface area contributed by atoms with Crippen molar-refractivity contribution in [2.45, 2.75) is 51.6 Å². The van der Waals surface area contributed by atoms with Gasteiger partial charge in [0.25, 0.3) is 0 Å². The number of carboxylic acids is 1. The predicted octanol–water partition coefficient (Wildman–Crippen LogP) is 2.33. The third-order valence-corrected chi connectivity index (χ3v) is 3.21. The quantitative estimate of drug-likeness (QED) is 0.821. The molecule has 0 aliphatic heterocycles. The summed E-state index contributed by atoms with van der Waals surface area (Å²) >= 11 is 0. The standard InChI is InChI=1S/C14H19NO4/c1-10-5-8-12(19-10)9-15(11-6-7-11)13(16)3-2-4-14(17)18/h5,8,11H,2-4,6-7,9H2,1H3,(H,17,18). The molecule has 1 aliphatic carbocycles. The van der Waals surface area contributed by atoms with Crippen LogP contribution in [0, 0.1) is 6.92 Å². The van der Waals surface area contributed by atoms with E-state index in [4.69, 9.17) is 9.52 Å². The summed E-state index contributed by atoms with van der Waals surface area (Å²) < 4.78 is 5.50. The summed E-state index contributed by atoms with van der Waals surface area (Å²) in [5, 5.41) is 8.58. The summed E-state index contributed by atoms with van der Waals surface area (Å²) in [6.07, 6.45) is 2.80. The lowest BCUT2D eigenvalue weighted by atomic mass is 10.2. The molecule has 1 amide bonds. The highest BCUT2D eigenvalue weighted by Gasteiger charge is 2.32. The zero-order valence-corrected chi connectivity index (χ0v) is 11.1. The van der Waals surface area contributed by atoms with Crippen molar-refractivity contribution in [2.75, 3.05) is 0 Å². The van der Waals surface area contributed by atoms with Crippen LogP contribution in [0.1, 0.15) is 43.6 Å². The Kier molecular flexibility index (Phi) is 4.24. The Morgan fingerprint density at radius 2 is 2.11 bits per heavy atom. The summed E-state index contributed by atoms with van der Waals surface area (Å²) in [5.74, 6) is 0.797. The van der Waals surface area contributed by atoms with Crippen molar-refractivity contribution >= 4 is 11.9 Å². The molecule has 1 saturated carbocycles. The van der Waals surface area contributed by atoms with Gasteiger partial charge in [0.05, 0.1) is 6.54 Å². The minimum absolute atomic E-state index is 0.0257. The van der Waals surface area contributed by atoms with E-state index >= 15 is 0 Å². The minimum Gasteiger partial charge on any atom is -0.481 e. The predicted molar refractivity (Wildman–Crippen MR) is 68.5 cm³/mol. The van der Waals surface area contributed by atoms with Crippen molar-refractivity contribution < 1.29 is 19.1 Å². The van der Waals surface area contributed by atoms with E-state index in [1.807, 2.05) is 24.0 Å². The zero-order chi connectivity index (χ0) is 13.8. The van der Waals surface area contributed by atoms with Crippen LogP contribution in [0.4, 0.5) is 0 Å². The first-order chi connectivity index (χ1) is 9.06. The number of carbonyl (C=O) groups is 2.